The number of carbonyl (C=O) groups is 1. The fourth-order valence-corrected chi connectivity index (χ4v) is 4.29. The highest BCUT2D eigenvalue weighted by Crippen LogP contribution is 2.30. The Labute approximate surface area is 155 Å². The van der Waals surface area contributed by atoms with Crippen LogP contribution in [-0.4, -0.2) is 89.5 Å². The lowest BCUT2D eigenvalue weighted by Crippen LogP contribution is -2.39. The standard InChI is InChI=1S/C17H27N3O5S/c1-18(2)17(21)13-19-8-5-9-20(11-10-19)26(22,23)14-6-7-15(24-3)16(12-14)25-4/h6-7,12H,5,8-11,13H2,1-4H3. The van der Waals surface area contributed by atoms with E-state index >= 15 is 0 Å². The fraction of sp³-hybridized carbons (Fsp3) is 0.588. The molecule has 1 aliphatic rings. The van der Waals surface area contributed by atoms with Crippen LogP contribution >= 0.6 is 0 Å². The van der Waals surface area contributed by atoms with Crippen molar-refractivity contribution in [2.75, 3.05) is 61.0 Å². The Hall–Kier alpha value is -1.84. The number of ether oxygens (including phenoxy) is 2. The van der Waals surface area contributed by atoms with Gasteiger partial charge in [-0.3, -0.25) is 9.69 Å². The average Bonchev–Trinajstić information content (AvgIpc) is 2.86. The highest BCUT2D eigenvalue weighted by Gasteiger charge is 2.28. The number of carbonyl (C=O) groups excluding carboxylic acids is 1. The minimum absolute atomic E-state index is 0.0150. The minimum atomic E-state index is -3.64. The summed E-state index contributed by atoms with van der Waals surface area (Å²) in [6.45, 7) is 2.28. The monoisotopic (exact) mass is 385 g/mol. The molecule has 0 atom stereocenters. The van der Waals surface area contributed by atoms with Crippen molar-refractivity contribution in [3.8, 4) is 11.5 Å². The highest BCUT2D eigenvalue weighted by atomic mass is 32.2. The summed E-state index contributed by atoms with van der Waals surface area (Å²) in [5, 5.41) is 0. The van der Waals surface area contributed by atoms with Crippen molar-refractivity contribution in [2.24, 2.45) is 0 Å². The van der Waals surface area contributed by atoms with Crippen LogP contribution in [0.4, 0.5) is 0 Å². The summed E-state index contributed by atoms with van der Waals surface area (Å²) in [5.74, 6) is 0.874. The van der Waals surface area contributed by atoms with Gasteiger partial charge in [-0.25, -0.2) is 8.42 Å². The predicted molar refractivity (Wildman–Crippen MR) is 98.1 cm³/mol. The molecule has 8 nitrogen and oxygen atoms in total. The van der Waals surface area contributed by atoms with Gasteiger partial charge in [-0.2, -0.15) is 4.31 Å². The molecule has 1 aromatic carbocycles. The molecule has 0 saturated carbocycles. The zero-order valence-electron chi connectivity index (χ0n) is 15.8. The Morgan fingerprint density at radius 2 is 1.77 bits per heavy atom. The fourth-order valence-electron chi connectivity index (χ4n) is 2.80. The van der Waals surface area contributed by atoms with Gasteiger partial charge in [-0.15, -0.1) is 0 Å². The first-order valence-corrected chi connectivity index (χ1v) is 9.88. The molecule has 1 aromatic rings. The summed E-state index contributed by atoms with van der Waals surface area (Å²) in [4.78, 5) is 15.6. The number of nitrogens with zero attached hydrogens (tertiary/aromatic N) is 3. The third-order valence-corrected chi connectivity index (χ3v) is 6.29. The first-order valence-electron chi connectivity index (χ1n) is 8.44. The summed E-state index contributed by atoms with van der Waals surface area (Å²) < 4.78 is 37.8. The highest BCUT2D eigenvalue weighted by molar-refractivity contribution is 7.89. The first-order chi connectivity index (χ1) is 12.3. The van der Waals surface area contributed by atoms with Gasteiger partial charge in [-0.1, -0.05) is 0 Å². The molecule has 0 aliphatic carbocycles. The van der Waals surface area contributed by atoms with E-state index in [-0.39, 0.29) is 10.8 Å². The third kappa shape index (κ3) is 4.66. The Kier molecular flexibility index (Phi) is 6.85. The van der Waals surface area contributed by atoms with Crippen molar-refractivity contribution in [1.82, 2.24) is 14.1 Å². The molecule has 9 heteroatoms. The van der Waals surface area contributed by atoms with Crippen molar-refractivity contribution in [2.45, 2.75) is 11.3 Å². The Morgan fingerprint density at radius 3 is 2.38 bits per heavy atom. The molecular formula is C17H27N3O5S. The van der Waals surface area contributed by atoms with Crippen molar-refractivity contribution in [3.05, 3.63) is 18.2 Å². The van der Waals surface area contributed by atoms with Crippen LogP contribution in [-0.2, 0) is 14.8 Å². The molecule has 1 amide bonds. The quantitative estimate of drug-likeness (QED) is 0.709. The molecule has 1 saturated heterocycles. The van der Waals surface area contributed by atoms with Gasteiger partial charge in [0.1, 0.15) is 0 Å². The molecular weight excluding hydrogens is 358 g/mol. The molecule has 1 heterocycles. The number of sulfonamides is 1. The molecule has 0 spiro atoms. The van der Waals surface area contributed by atoms with E-state index in [1.54, 1.807) is 25.1 Å². The van der Waals surface area contributed by atoms with Crippen LogP contribution in [0.2, 0.25) is 0 Å². The molecule has 26 heavy (non-hydrogen) atoms. The predicted octanol–water partition coefficient (Wildman–Crippen LogP) is 0.488. The molecule has 1 fully saturated rings. The van der Waals surface area contributed by atoms with Crippen molar-refractivity contribution in [1.29, 1.82) is 0 Å². The maximum atomic E-state index is 13.0. The molecule has 0 radical (unpaired) electrons. The van der Waals surface area contributed by atoms with E-state index in [0.29, 0.717) is 50.6 Å². The van der Waals surface area contributed by atoms with Gasteiger partial charge in [-0.05, 0) is 25.1 Å². The van der Waals surface area contributed by atoms with Gasteiger partial charge < -0.3 is 14.4 Å². The zero-order chi connectivity index (χ0) is 19.3. The Bertz CT molecular complexity index is 736. The molecule has 0 unspecified atom stereocenters. The molecule has 146 valence electrons. The minimum Gasteiger partial charge on any atom is -0.493 e. The van der Waals surface area contributed by atoms with Crippen LogP contribution in [0.3, 0.4) is 0 Å². The maximum absolute atomic E-state index is 13.0. The number of methoxy groups -OCH3 is 2. The van der Waals surface area contributed by atoms with Crippen molar-refractivity contribution in [3.63, 3.8) is 0 Å². The number of amides is 1. The average molecular weight is 385 g/mol. The lowest BCUT2D eigenvalue weighted by Gasteiger charge is -2.22. The van der Waals surface area contributed by atoms with Crippen LogP contribution in [0.15, 0.2) is 23.1 Å². The largest absolute Gasteiger partial charge is 0.493 e. The van der Waals surface area contributed by atoms with Gasteiger partial charge in [0.2, 0.25) is 15.9 Å². The van der Waals surface area contributed by atoms with Gasteiger partial charge in [0.15, 0.2) is 11.5 Å². The summed E-state index contributed by atoms with van der Waals surface area (Å²) in [6.07, 6.45) is 0.674. The number of hydrogen-bond donors (Lipinski definition) is 0. The van der Waals surface area contributed by atoms with Gasteiger partial charge in [0.25, 0.3) is 0 Å². The maximum Gasteiger partial charge on any atom is 0.243 e. The normalized spacial score (nSPS) is 16.8. The topological polar surface area (TPSA) is 79.4 Å². The summed E-state index contributed by atoms with van der Waals surface area (Å²) in [7, 11) is 2.77. The smallest absolute Gasteiger partial charge is 0.243 e. The van der Waals surface area contributed by atoms with E-state index in [0.717, 1.165) is 0 Å². The lowest BCUT2D eigenvalue weighted by molar-refractivity contribution is -0.129. The van der Waals surface area contributed by atoms with Crippen molar-refractivity contribution >= 4 is 15.9 Å². The number of rotatable bonds is 6. The third-order valence-electron chi connectivity index (χ3n) is 4.40. The second-order valence-corrected chi connectivity index (χ2v) is 8.28. The SMILES string of the molecule is COc1ccc(S(=O)(=O)N2CCCN(CC(=O)N(C)C)CC2)cc1OC. The number of benzene rings is 1. The van der Waals surface area contributed by atoms with E-state index in [9.17, 15) is 13.2 Å². The van der Waals surface area contributed by atoms with Crippen LogP contribution < -0.4 is 9.47 Å². The van der Waals surface area contributed by atoms with E-state index < -0.39 is 10.0 Å². The Balaban J connectivity index is 2.13. The molecule has 0 aromatic heterocycles. The zero-order valence-corrected chi connectivity index (χ0v) is 16.6. The van der Waals surface area contributed by atoms with E-state index in [2.05, 4.69) is 0 Å². The van der Waals surface area contributed by atoms with Crippen LogP contribution in [0.5, 0.6) is 11.5 Å². The summed E-state index contributed by atoms with van der Waals surface area (Å²) >= 11 is 0. The molecule has 1 aliphatic heterocycles. The van der Waals surface area contributed by atoms with Gasteiger partial charge >= 0.3 is 0 Å². The van der Waals surface area contributed by atoms with Crippen molar-refractivity contribution < 1.29 is 22.7 Å². The van der Waals surface area contributed by atoms with Gasteiger partial charge in [0.05, 0.1) is 25.7 Å². The summed E-state index contributed by atoms with van der Waals surface area (Å²) in [5.41, 5.74) is 0. The Morgan fingerprint density at radius 1 is 1.08 bits per heavy atom. The van der Waals surface area contributed by atoms with Crippen LogP contribution in [0.25, 0.3) is 0 Å². The van der Waals surface area contributed by atoms with E-state index in [1.807, 2.05) is 4.90 Å². The summed E-state index contributed by atoms with van der Waals surface area (Å²) in [6, 6.07) is 4.59. The molecule has 0 N–H and O–H groups in total. The lowest BCUT2D eigenvalue weighted by atomic mass is 10.3. The first kappa shape index (κ1) is 20.5. The second kappa shape index (κ2) is 8.70. The van der Waals surface area contributed by atoms with E-state index in [1.165, 1.54) is 30.7 Å². The van der Waals surface area contributed by atoms with Gasteiger partial charge in [0, 0.05) is 39.8 Å². The molecule has 0 bridgehead atoms. The van der Waals surface area contributed by atoms with E-state index in [4.69, 9.17) is 9.47 Å². The number of hydrogen-bond acceptors (Lipinski definition) is 6. The second-order valence-electron chi connectivity index (χ2n) is 6.34. The molecule has 2 rings (SSSR count). The van der Waals surface area contributed by atoms with Crippen LogP contribution in [0.1, 0.15) is 6.42 Å². The number of likely N-dealkylation sites (N-methyl/N-ethyl adjacent to an activating group) is 1. The van der Waals surface area contributed by atoms with Crippen LogP contribution in [0, 0.1) is 0 Å².